The van der Waals surface area contributed by atoms with E-state index in [1.807, 2.05) is 38.1 Å². The second kappa shape index (κ2) is 8.42. The molecule has 0 N–H and O–H groups in total. The minimum Gasteiger partial charge on any atom is -0.454 e. The van der Waals surface area contributed by atoms with Crippen LogP contribution in [0.15, 0.2) is 24.3 Å². The second-order valence-corrected chi connectivity index (χ2v) is 2.56. The molecule has 0 aliphatic carbocycles. The van der Waals surface area contributed by atoms with E-state index in [1.165, 1.54) is 6.42 Å². The topological polar surface area (TPSA) is 18.5 Å². The minimum absolute atomic E-state index is 0.360. The van der Waals surface area contributed by atoms with Gasteiger partial charge < -0.3 is 9.47 Å². The van der Waals surface area contributed by atoms with Crippen LogP contribution in [0.3, 0.4) is 0 Å². The van der Waals surface area contributed by atoms with E-state index in [1.54, 1.807) is 0 Å². The summed E-state index contributed by atoms with van der Waals surface area (Å²) < 4.78 is 10.2. The van der Waals surface area contributed by atoms with Gasteiger partial charge in [-0.15, -0.1) is 0 Å². The normalized spacial score (nSPS) is 10.6. The molecule has 14 heavy (non-hydrogen) atoms. The van der Waals surface area contributed by atoms with E-state index >= 15 is 0 Å². The predicted molar refractivity (Wildman–Crippen MR) is 59.9 cm³/mol. The Balaban J connectivity index is 0.000000294. The first-order valence-electron chi connectivity index (χ1n) is 5.23. The molecule has 2 nitrogen and oxygen atoms in total. The Morgan fingerprint density at radius 3 is 1.71 bits per heavy atom. The van der Waals surface area contributed by atoms with Crippen LogP contribution in [0.2, 0.25) is 0 Å². The fourth-order valence-electron chi connectivity index (χ4n) is 0.845. The van der Waals surface area contributed by atoms with Crippen LogP contribution in [0.4, 0.5) is 0 Å². The van der Waals surface area contributed by atoms with Gasteiger partial charge in [-0.2, -0.15) is 0 Å². The molecule has 0 fully saturated rings. The van der Waals surface area contributed by atoms with E-state index in [2.05, 4.69) is 13.8 Å². The van der Waals surface area contributed by atoms with Gasteiger partial charge in [0.15, 0.2) is 11.5 Å². The molecule has 1 aliphatic heterocycles. The third-order valence-corrected chi connectivity index (χ3v) is 1.28. The minimum atomic E-state index is 0.360. The molecule has 0 amide bonds. The molecular formula is C12H20O2. The van der Waals surface area contributed by atoms with Crippen LogP contribution >= 0.6 is 0 Å². The van der Waals surface area contributed by atoms with Crippen LogP contribution in [0.25, 0.3) is 0 Å². The molecule has 1 aliphatic rings. The van der Waals surface area contributed by atoms with Gasteiger partial charge in [0.05, 0.1) is 0 Å². The van der Waals surface area contributed by atoms with E-state index in [9.17, 15) is 0 Å². The zero-order chi connectivity index (χ0) is 10.8. The van der Waals surface area contributed by atoms with Crippen LogP contribution in [0, 0.1) is 0 Å². The molecular weight excluding hydrogens is 176 g/mol. The van der Waals surface area contributed by atoms with Gasteiger partial charge in [-0.25, -0.2) is 0 Å². The lowest BCUT2D eigenvalue weighted by Crippen LogP contribution is -1.92. The highest BCUT2D eigenvalue weighted by atomic mass is 16.7. The molecule has 2 rings (SSSR count). The number of ether oxygens (including phenoxy) is 2. The van der Waals surface area contributed by atoms with Crippen LogP contribution in [0.5, 0.6) is 11.5 Å². The monoisotopic (exact) mass is 196 g/mol. The van der Waals surface area contributed by atoms with E-state index in [0.717, 1.165) is 11.5 Å². The van der Waals surface area contributed by atoms with E-state index in [0.29, 0.717) is 6.79 Å². The highest BCUT2D eigenvalue weighted by Crippen LogP contribution is 2.30. The van der Waals surface area contributed by atoms with Crippen molar-refractivity contribution in [3.63, 3.8) is 0 Å². The summed E-state index contributed by atoms with van der Waals surface area (Å²) in [6.45, 7) is 8.61. The first-order valence-corrected chi connectivity index (χ1v) is 5.23. The molecule has 0 bridgehead atoms. The lowest BCUT2D eigenvalue weighted by atomic mass is 10.3. The molecule has 80 valence electrons. The average molecular weight is 196 g/mol. The molecule has 0 atom stereocenters. The Hall–Kier alpha value is -1.18. The smallest absolute Gasteiger partial charge is 0.231 e. The molecule has 1 aromatic rings. The number of hydrogen-bond donors (Lipinski definition) is 0. The maximum absolute atomic E-state index is 5.08. The standard InChI is InChI=1S/C7H6O2.C3H8.C2H6/c1-2-4-7-6(3-1)8-5-9-7;1-3-2;1-2/h1-4H,5H2;3H2,1-2H3;1-2H3. The largest absolute Gasteiger partial charge is 0.454 e. The van der Waals surface area contributed by atoms with Crippen LogP contribution < -0.4 is 9.47 Å². The van der Waals surface area contributed by atoms with Crippen LogP contribution in [-0.4, -0.2) is 6.79 Å². The van der Waals surface area contributed by atoms with Crippen molar-refractivity contribution >= 4 is 0 Å². The lowest BCUT2D eigenvalue weighted by Gasteiger charge is -1.89. The Bertz CT molecular complexity index is 211. The molecule has 0 aromatic heterocycles. The van der Waals surface area contributed by atoms with Crippen molar-refractivity contribution in [1.29, 1.82) is 0 Å². The maximum atomic E-state index is 5.08. The first kappa shape index (κ1) is 12.8. The van der Waals surface area contributed by atoms with Crippen LogP contribution in [0.1, 0.15) is 34.1 Å². The van der Waals surface area contributed by atoms with E-state index in [4.69, 9.17) is 9.47 Å². The van der Waals surface area contributed by atoms with Crippen molar-refractivity contribution in [2.24, 2.45) is 0 Å². The predicted octanol–water partition coefficient (Wildman–Crippen LogP) is 3.86. The summed E-state index contributed by atoms with van der Waals surface area (Å²) in [5, 5.41) is 0. The molecule has 1 aromatic carbocycles. The van der Waals surface area contributed by atoms with E-state index in [-0.39, 0.29) is 0 Å². The van der Waals surface area contributed by atoms with Crippen molar-refractivity contribution in [3.8, 4) is 11.5 Å². The number of para-hydroxylation sites is 2. The molecule has 2 heteroatoms. The molecule has 0 radical (unpaired) electrons. The molecule has 0 saturated carbocycles. The zero-order valence-corrected chi connectivity index (χ0v) is 9.54. The summed E-state index contributed by atoms with van der Waals surface area (Å²) in [5.41, 5.74) is 0. The van der Waals surface area contributed by atoms with Crippen molar-refractivity contribution in [1.82, 2.24) is 0 Å². The second-order valence-electron chi connectivity index (χ2n) is 2.56. The highest BCUT2D eigenvalue weighted by Gasteiger charge is 2.09. The van der Waals surface area contributed by atoms with Crippen molar-refractivity contribution in [3.05, 3.63) is 24.3 Å². The molecule has 1 heterocycles. The zero-order valence-electron chi connectivity index (χ0n) is 9.54. The van der Waals surface area contributed by atoms with Gasteiger partial charge in [0, 0.05) is 0 Å². The van der Waals surface area contributed by atoms with E-state index < -0.39 is 0 Å². The van der Waals surface area contributed by atoms with Crippen molar-refractivity contribution < 1.29 is 9.47 Å². The van der Waals surface area contributed by atoms with Gasteiger partial charge in [-0.05, 0) is 12.1 Å². The Kier molecular flexibility index (Phi) is 7.71. The third kappa shape index (κ3) is 4.17. The Morgan fingerprint density at radius 1 is 1.00 bits per heavy atom. The fraction of sp³-hybridized carbons (Fsp3) is 0.500. The number of benzene rings is 1. The molecule has 0 saturated heterocycles. The Morgan fingerprint density at radius 2 is 1.36 bits per heavy atom. The maximum Gasteiger partial charge on any atom is 0.231 e. The summed E-state index contributed by atoms with van der Waals surface area (Å²) in [7, 11) is 0. The number of fused-ring (bicyclic) bond motifs is 1. The summed E-state index contributed by atoms with van der Waals surface area (Å²) in [6, 6.07) is 7.63. The summed E-state index contributed by atoms with van der Waals surface area (Å²) >= 11 is 0. The van der Waals surface area contributed by atoms with Crippen molar-refractivity contribution in [2.75, 3.05) is 6.79 Å². The molecule has 0 unspecified atom stereocenters. The number of hydrogen-bond acceptors (Lipinski definition) is 2. The van der Waals surface area contributed by atoms with Gasteiger partial charge in [0.2, 0.25) is 6.79 Å². The van der Waals surface area contributed by atoms with Gasteiger partial charge in [0.1, 0.15) is 0 Å². The van der Waals surface area contributed by atoms with Crippen molar-refractivity contribution in [2.45, 2.75) is 34.1 Å². The number of rotatable bonds is 0. The SMILES string of the molecule is CC.CCC.c1ccc2c(c1)OCO2. The third-order valence-electron chi connectivity index (χ3n) is 1.28. The summed E-state index contributed by atoms with van der Waals surface area (Å²) in [4.78, 5) is 0. The van der Waals surface area contributed by atoms with Gasteiger partial charge >= 0.3 is 0 Å². The fourth-order valence-corrected chi connectivity index (χ4v) is 0.845. The first-order chi connectivity index (χ1) is 6.88. The summed E-state index contributed by atoms with van der Waals surface area (Å²) in [5.74, 6) is 1.69. The average Bonchev–Trinajstić information content (AvgIpc) is 2.69. The summed E-state index contributed by atoms with van der Waals surface area (Å²) in [6.07, 6.45) is 1.25. The van der Waals surface area contributed by atoms with Gasteiger partial charge in [0.25, 0.3) is 0 Å². The quantitative estimate of drug-likeness (QED) is 0.627. The Labute approximate surface area is 86.9 Å². The highest BCUT2D eigenvalue weighted by molar-refractivity contribution is 5.40. The van der Waals surface area contributed by atoms with Gasteiger partial charge in [-0.3, -0.25) is 0 Å². The van der Waals surface area contributed by atoms with Gasteiger partial charge in [-0.1, -0.05) is 46.2 Å². The lowest BCUT2D eigenvalue weighted by molar-refractivity contribution is 0.174. The van der Waals surface area contributed by atoms with Crippen LogP contribution in [-0.2, 0) is 0 Å². The molecule has 0 spiro atoms.